The molecule has 0 aliphatic rings. The molecule has 21 heavy (non-hydrogen) atoms. The van der Waals surface area contributed by atoms with Crippen molar-refractivity contribution in [3.63, 3.8) is 0 Å². The molecule has 0 saturated heterocycles. The molecule has 0 saturated carbocycles. The van der Waals surface area contributed by atoms with Crippen LogP contribution in [-0.2, 0) is 6.54 Å². The molecule has 2 rings (SSSR count). The molecule has 0 fully saturated rings. The van der Waals surface area contributed by atoms with E-state index in [-0.39, 0.29) is 5.91 Å². The van der Waals surface area contributed by atoms with Crippen LogP contribution in [0.2, 0.25) is 0 Å². The standard InChI is InChI=1S/C18H22N2O/c1-14(16-7-5-4-6-8-16)20(3)13-15-9-11-17(12-10-15)18(21)19-2/h4-12,14H,13H2,1-3H3,(H,19,21). The van der Waals surface area contributed by atoms with Crippen molar-refractivity contribution in [1.82, 2.24) is 10.2 Å². The van der Waals surface area contributed by atoms with Crippen LogP contribution in [0, 0.1) is 0 Å². The predicted octanol–water partition coefficient (Wildman–Crippen LogP) is 3.24. The second-order valence-corrected chi connectivity index (χ2v) is 5.28. The third-order valence-corrected chi connectivity index (χ3v) is 3.82. The highest BCUT2D eigenvalue weighted by Gasteiger charge is 2.11. The number of amides is 1. The van der Waals surface area contributed by atoms with E-state index < -0.39 is 0 Å². The Bertz CT molecular complexity index is 578. The van der Waals surface area contributed by atoms with Gasteiger partial charge in [0.15, 0.2) is 0 Å². The van der Waals surface area contributed by atoms with Crippen molar-refractivity contribution in [3.8, 4) is 0 Å². The fourth-order valence-corrected chi connectivity index (χ4v) is 2.32. The van der Waals surface area contributed by atoms with E-state index in [0.717, 1.165) is 6.54 Å². The first kappa shape index (κ1) is 15.3. The average molecular weight is 282 g/mol. The van der Waals surface area contributed by atoms with Gasteiger partial charge in [0.05, 0.1) is 0 Å². The summed E-state index contributed by atoms with van der Waals surface area (Å²) in [6.07, 6.45) is 0. The highest BCUT2D eigenvalue weighted by atomic mass is 16.1. The lowest BCUT2D eigenvalue weighted by atomic mass is 10.1. The van der Waals surface area contributed by atoms with Crippen LogP contribution in [0.25, 0.3) is 0 Å². The fourth-order valence-electron chi connectivity index (χ4n) is 2.32. The largest absolute Gasteiger partial charge is 0.355 e. The summed E-state index contributed by atoms with van der Waals surface area (Å²) in [6, 6.07) is 18.6. The van der Waals surface area contributed by atoms with Crippen LogP contribution in [0.3, 0.4) is 0 Å². The molecule has 0 radical (unpaired) electrons. The van der Waals surface area contributed by atoms with Gasteiger partial charge in [-0.25, -0.2) is 0 Å². The molecule has 2 aromatic carbocycles. The van der Waals surface area contributed by atoms with Gasteiger partial charge in [-0.3, -0.25) is 9.69 Å². The zero-order valence-electron chi connectivity index (χ0n) is 12.8. The Kier molecular flexibility index (Phi) is 5.12. The zero-order chi connectivity index (χ0) is 15.2. The number of nitrogens with one attached hydrogen (secondary N) is 1. The minimum absolute atomic E-state index is 0.0486. The molecule has 2 aromatic rings. The van der Waals surface area contributed by atoms with Crippen LogP contribution < -0.4 is 5.32 Å². The Morgan fingerprint density at radius 2 is 1.71 bits per heavy atom. The summed E-state index contributed by atoms with van der Waals surface area (Å²) in [5.41, 5.74) is 3.20. The monoisotopic (exact) mass is 282 g/mol. The lowest BCUT2D eigenvalue weighted by Crippen LogP contribution is -2.22. The van der Waals surface area contributed by atoms with E-state index in [4.69, 9.17) is 0 Å². The molecule has 0 spiro atoms. The molecule has 1 unspecified atom stereocenters. The Morgan fingerprint density at radius 3 is 2.29 bits per heavy atom. The Morgan fingerprint density at radius 1 is 1.10 bits per heavy atom. The topological polar surface area (TPSA) is 32.3 Å². The van der Waals surface area contributed by atoms with Crippen molar-refractivity contribution in [2.45, 2.75) is 19.5 Å². The first-order chi connectivity index (χ1) is 10.1. The van der Waals surface area contributed by atoms with Crippen molar-refractivity contribution < 1.29 is 4.79 Å². The number of carbonyl (C=O) groups excluding carboxylic acids is 1. The maximum Gasteiger partial charge on any atom is 0.251 e. The normalized spacial score (nSPS) is 12.2. The molecule has 0 heterocycles. The number of rotatable bonds is 5. The van der Waals surface area contributed by atoms with Crippen molar-refractivity contribution in [2.75, 3.05) is 14.1 Å². The molecular weight excluding hydrogens is 260 g/mol. The van der Waals surface area contributed by atoms with Gasteiger partial charge in [-0.1, -0.05) is 42.5 Å². The number of carbonyl (C=O) groups is 1. The Hall–Kier alpha value is -2.13. The molecule has 0 bridgehead atoms. The van der Waals surface area contributed by atoms with Crippen LogP contribution in [0.5, 0.6) is 0 Å². The highest BCUT2D eigenvalue weighted by molar-refractivity contribution is 5.93. The van der Waals surface area contributed by atoms with E-state index in [1.807, 2.05) is 30.3 Å². The van der Waals surface area contributed by atoms with Crippen LogP contribution in [-0.4, -0.2) is 24.9 Å². The fraction of sp³-hybridized carbons (Fsp3) is 0.278. The van der Waals surface area contributed by atoms with Gasteiger partial charge in [0.1, 0.15) is 0 Å². The second-order valence-electron chi connectivity index (χ2n) is 5.28. The van der Waals surface area contributed by atoms with Crippen molar-refractivity contribution in [2.24, 2.45) is 0 Å². The van der Waals surface area contributed by atoms with Crippen molar-refractivity contribution in [3.05, 3.63) is 71.3 Å². The zero-order valence-corrected chi connectivity index (χ0v) is 12.8. The van der Waals surface area contributed by atoms with Gasteiger partial charge in [0.2, 0.25) is 0 Å². The first-order valence-electron chi connectivity index (χ1n) is 7.18. The number of benzene rings is 2. The third kappa shape index (κ3) is 3.92. The summed E-state index contributed by atoms with van der Waals surface area (Å²) < 4.78 is 0. The van der Waals surface area contributed by atoms with Crippen molar-refractivity contribution >= 4 is 5.91 Å². The smallest absolute Gasteiger partial charge is 0.251 e. The van der Waals surface area contributed by atoms with E-state index in [0.29, 0.717) is 11.6 Å². The summed E-state index contributed by atoms with van der Waals surface area (Å²) in [5, 5.41) is 2.63. The molecule has 0 aliphatic carbocycles. The van der Waals surface area contributed by atoms with E-state index >= 15 is 0 Å². The molecule has 1 atom stereocenters. The molecule has 3 nitrogen and oxygen atoms in total. The Labute approximate surface area is 126 Å². The molecule has 1 amide bonds. The summed E-state index contributed by atoms with van der Waals surface area (Å²) >= 11 is 0. The average Bonchev–Trinajstić information content (AvgIpc) is 2.55. The SMILES string of the molecule is CNC(=O)c1ccc(CN(C)C(C)c2ccccc2)cc1. The van der Waals surface area contributed by atoms with E-state index in [9.17, 15) is 4.79 Å². The van der Waals surface area contributed by atoms with Gasteiger partial charge < -0.3 is 5.32 Å². The van der Waals surface area contributed by atoms with Crippen LogP contribution in [0.4, 0.5) is 0 Å². The number of hydrogen-bond acceptors (Lipinski definition) is 2. The van der Waals surface area contributed by atoms with Crippen LogP contribution in [0.1, 0.15) is 34.5 Å². The molecule has 0 aromatic heterocycles. The molecule has 1 N–H and O–H groups in total. The summed E-state index contributed by atoms with van der Waals surface area (Å²) in [5.74, 6) is -0.0486. The van der Waals surface area contributed by atoms with E-state index in [2.05, 4.69) is 48.5 Å². The lowest BCUT2D eigenvalue weighted by Gasteiger charge is -2.25. The quantitative estimate of drug-likeness (QED) is 0.913. The molecule has 0 aliphatic heterocycles. The van der Waals surface area contributed by atoms with Gasteiger partial charge in [-0.05, 0) is 37.2 Å². The van der Waals surface area contributed by atoms with Gasteiger partial charge in [-0.2, -0.15) is 0 Å². The Balaban J connectivity index is 2.02. The molecule has 3 heteroatoms. The van der Waals surface area contributed by atoms with Crippen molar-refractivity contribution in [1.29, 1.82) is 0 Å². The third-order valence-electron chi connectivity index (χ3n) is 3.82. The van der Waals surface area contributed by atoms with Gasteiger partial charge in [0.25, 0.3) is 5.91 Å². The van der Waals surface area contributed by atoms with Gasteiger partial charge >= 0.3 is 0 Å². The predicted molar refractivity (Wildman–Crippen MR) is 86.2 cm³/mol. The van der Waals surface area contributed by atoms with Gasteiger partial charge in [-0.15, -0.1) is 0 Å². The lowest BCUT2D eigenvalue weighted by molar-refractivity contribution is 0.0963. The summed E-state index contributed by atoms with van der Waals surface area (Å²) in [7, 11) is 3.76. The summed E-state index contributed by atoms with van der Waals surface area (Å²) in [6.45, 7) is 3.05. The number of hydrogen-bond donors (Lipinski definition) is 1. The maximum absolute atomic E-state index is 11.5. The minimum atomic E-state index is -0.0486. The maximum atomic E-state index is 11.5. The minimum Gasteiger partial charge on any atom is -0.355 e. The van der Waals surface area contributed by atoms with Crippen LogP contribution >= 0.6 is 0 Å². The van der Waals surface area contributed by atoms with E-state index in [1.54, 1.807) is 7.05 Å². The second kappa shape index (κ2) is 7.04. The number of nitrogens with zero attached hydrogens (tertiary/aromatic N) is 1. The van der Waals surface area contributed by atoms with Gasteiger partial charge in [0, 0.05) is 25.2 Å². The first-order valence-corrected chi connectivity index (χ1v) is 7.18. The molecular formula is C18H22N2O. The summed E-state index contributed by atoms with van der Waals surface area (Å²) in [4.78, 5) is 13.8. The van der Waals surface area contributed by atoms with Crippen LogP contribution in [0.15, 0.2) is 54.6 Å². The van der Waals surface area contributed by atoms with E-state index in [1.165, 1.54) is 11.1 Å². The highest BCUT2D eigenvalue weighted by Crippen LogP contribution is 2.20. The molecule has 110 valence electrons.